The van der Waals surface area contributed by atoms with Crippen LogP contribution in [0.3, 0.4) is 0 Å². The van der Waals surface area contributed by atoms with Crippen LogP contribution in [0.5, 0.6) is 11.5 Å². The van der Waals surface area contributed by atoms with E-state index in [9.17, 15) is 4.79 Å². The van der Waals surface area contributed by atoms with Gasteiger partial charge in [0.05, 0.1) is 18.5 Å². The second-order valence-electron chi connectivity index (χ2n) is 6.45. The Bertz CT molecular complexity index is 1030. The highest BCUT2D eigenvalue weighted by Crippen LogP contribution is 2.35. The van der Waals surface area contributed by atoms with E-state index in [1.807, 2.05) is 38.1 Å². The van der Waals surface area contributed by atoms with Gasteiger partial charge in [0.25, 0.3) is 0 Å². The third-order valence-electron chi connectivity index (χ3n) is 4.43. The molecule has 1 aromatic carbocycles. The molecule has 1 atom stereocenters. The van der Waals surface area contributed by atoms with Crippen molar-refractivity contribution in [3.05, 3.63) is 40.5 Å². The number of hydrogen-bond donors (Lipinski definition) is 1. The summed E-state index contributed by atoms with van der Waals surface area (Å²) in [5.74, 6) is 2.49. The van der Waals surface area contributed by atoms with Gasteiger partial charge >= 0.3 is 5.97 Å². The van der Waals surface area contributed by atoms with Gasteiger partial charge in [-0.05, 0) is 38.5 Å². The molecule has 8 heteroatoms. The average Bonchev–Trinajstić information content (AvgIpc) is 3.02. The third kappa shape index (κ3) is 3.47. The molecule has 7 nitrogen and oxygen atoms in total. The van der Waals surface area contributed by atoms with Crippen LogP contribution in [0.1, 0.15) is 28.0 Å². The zero-order valence-electron chi connectivity index (χ0n) is 15.9. The minimum absolute atomic E-state index is 0.149. The molecule has 0 saturated carbocycles. The fraction of sp³-hybridized carbons (Fsp3) is 0.350. The Balaban J connectivity index is 1.58. The van der Waals surface area contributed by atoms with Gasteiger partial charge in [0.1, 0.15) is 34.1 Å². The number of fused-ring (bicyclic) bond motifs is 2. The van der Waals surface area contributed by atoms with Crippen LogP contribution >= 0.6 is 11.3 Å². The summed E-state index contributed by atoms with van der Waals surface area (Å²) in [4.78, 5) is 22.6. The van der Waals surface area contributed by atoms with Crippen LogP contribution in [0.25, 0.3) is 10.2 Å². The molecule has 1 aliphatic rings. The molecule has 146 valence electrons. The number of carbonyl (C=O) groups excluding carboxylic acids is 1. The number of carbonyl (C=O) groups is 1. The molecule has 0 bridgehead atoms. The molecule has 0 saturated heterocycles. The predicted molar refractivity (Wildman–Crippen MR) is 108 cm³/mol. The number of ether oxygens (including phenoxy) is 3. The van der Waals surface area contributed by atoms with Gasteiger partial charge in [-0.25, -0.2) is 14.8 Å². The van der Waals surface area contributed by atoms with Crippen LogP contribution in [-0.2, 0) is 4.74 Å². The van der Waals surface area contributed by atoms with Crippen molar-refractivity contribution in [1.29, 1.82) is 0 Å². The SMILES string of the molecule is CCOC(=O)c1sc2nc(C)nc(NC[C@@H]3COc4ccccc4O3)c2c1C. The summed E-state index contributed by atoms with van der Waals surface area (Å²) in [7, 11) is 0. The van der Waals surface area contributed by atoms with Crippen LogP contribution in [0, 0.1) is 13.8 Å². The number of benzene rings is 1. The summed E-state index contributed by atoms with van der Waals surface area (Å²) in [6, 6.07) is 7.62. The summed E-state index contributed by atoms with van der Waals surface area (Å²) in [5.41, 5.74) is 0.826. The van der Waals surface area contributed by atoms with Crippen molar-refractivity contribution >= 4 is 33.3 Å². The molecular formula is C20H21N3O4S. The highest BCUT2D eigenvalue weighted by molar-refractivity contribution is 7.20. The molecule has 0 fully saturated rings. The third-order valence-corrected chi connectivity index (χ3v) is 5.59. The maximum absolute atomic E-state index is 12.2. The molecule has 0 spiro atoms. The second-order valence-corrected chi connectivity index (χ2v) is 7.45. The minimum atomic E-state index is -0.327. The number of nitrogens with one attached hydrogen (secondary N) is 1. The summed E-state index contributed by atoms with van der Waals surface area (Å²) >= 11 is 1.33. The van der Waals surface area contributed by atoms with Crippen molar-refractivity contribution in [3.63, 3.8) is 0 Å². The Labute approximate surface area is 166 Å². The fourth-order valence-electron chi connectivity index (χ4n) is 3.14. The highest BCUT2D eigenvalue weighted by Gasteiger charge is 2.23. The Morgan fingerprint density at radius 3 is 2.86 bits per heavy atom. The largest absolute Gasteiger partial charge is 0.486 e. The summed E-state index contributed by atoms with van der Waals surface area (Å²) in [5, 5.41) is 4.20. The summed E-state index contributed by atoms with van der Waals surface area (Å²) in [6.07, 6.45) is -0.149. The first-order chi connectivity index (χ1) is 13.6. The first-order valence-corrected chi connectivity index (χ1v) is 9.95. The van der Waals surface area contributed by atoms with E-state index >= 15 is 0 Å². The van der Waals surface area contributed by atoms with Crippen molar-refractivity contribution in [3.8, 4) is 11.5 Å². The van der Waals surface area contributed by atoms with E-state index in [0.29, 0.717) is 36.3 Å². The first-order valence-electron chi connectivity index (χ1n) is 9.14. The number of anilines is 1. The Hall–Kier alpha value is -2.87. The summed E-state index contributed by atoms with van der Waals surface area (Å²) in [6.45, 7) is 6.83. The minimum Gasteiger partial charge on any atom is -0.486 e. The van der Waals surface area contributed by atoms with Gasteiger partial charge in [0, 0.05) is 0 Å². The lowest BCUT2D eigenvalue weighted by Crippen LogP contribution is -2.35. The van der Waals surface area contributed by atoms with Gasteiger partial charge in [0.2, 0.25) is 0 Å². The smallest absolute Gasteiger partial charge is 0.348 e. The molecule has 3 heterocycles. The molecule has 4 rings (SSSR count). The number of rotatable bonds is 5. The van der Waals surface area contributed by atoms with Crippen molar-refractivity contribution in [2.45, 2.75) is 26.9 Å². The van der Waals surface area contributed by atoms with E-state index in [4.69, 9.17) is 14.2 Å². The van der Waals surface area contributed by atoms with E-state index in [1.165, 1.54) is 11.3 Å². The molecular weight excluding hydrogens is 378 g/mol. The molecule has 1 N–H and O–H groups in total. The van der Waals surface area contributed by atoms with Crippen LogP contribution in [-0.4, -0.2) is 41.8 Å². The molecule has 3 aromatic rings. The number of thiophene rings is 1. The van der Waals surface area contributed by atoms with E-state index in [2.05, 4.69) is 15.3 Å². The molecule has 1 aliphatic heterocycles. The Morgan fingerprint density at radius 2 is 2.07 bits per heavy atom. The quantitative estimate of drug-likeness (QED) is 0.655. The average molecular weight is 399 g/mol. The van der Waals surface area contributed by atoms with Gasteiger partial charge in [-0.3, -0.25) is 0 Å². The molecule has 0 unspecified atom stereocenters. The van der Waals surface area contributed by atoms with Gasteiger partial charge in [-0.1, -0.05) is 12.1 Å². The van der Waals surface area contributed by atoms with Crippen LogP contribution < -0.4 is 14.8 Å². The number of hydrogen-bond acceptors (Lipinski definition) is 8. The predicted octanol–water partition coefficient (Wildman–Crippen LogP) is 3.74. The fourth-order valence-corrected chi connectivity index (χ4v) is 4.26. The standard InChI is InChI=1S/C20H21N3O4S/c1-4-25-20(24)17-11(2)16-18(22-12(3)23-19(16)28-17)21-9-13-10-26-14-7-5-6-8-15(14)27-13/h5-8,13H,4,9-10H2,1-3H3,(H,21,22,23)/t13-/m1/s1. The van der Waals surface area contributed by atoms with Crippen LogP contribution in [0.2, 0.25) is 0 Å². The van der Waals surface area contributed by atoms with E-state index in [-0.39, 0.29) is 12.1 Å². The van der Waals surface area contributed by atoms with E-state index in [0.717, 1.165) is 27.3 Å². The molecule has 28 heavy (non-hydrogen) atoms. The molecule has 0 amide bonds. The van der Waals surface area contributed by atoms with E-state index in [1.54, 1.807) is 6.92 Å². The Morgan fingerprint density at radius 1 is 1.29 bits per heavy atom. The van der Waals surface area contributed by atoms with Crippen molar-refractivity contribution < 1.29 is 19.0 Å². The van der Waals surface area contributed by atoms with Crippen molar-refractivity contribution in [1.82, 2.24) is 9.97 Å². The topological polar surface area (TPSA) is 82.6 Å². The highest BCUT2D eigenvalue weighted by atomic mass is 32.1. The normalized spacial score (nSPS) is 15.5. The van der Waals surface area contributed by atoms with Crippen LogP contribution in [0.4, 0.5) is 5.82 Å². The number of para-hydroxylation sites is 2. The number of aryl methyl sites for hydroxylation is 2. The van der Waals surface area contributed by atoms with Gasteiger partial charge in [0.15, 0.2) is 11.5 Å². The zero-order chi connectivity index (χ0) is 19.7. The zero-order valence-corrected chi connectivity index (χ0v) is 16.8. The van der Waals surface area contributed by atoms with Crippen molar-refractivity contribution in [2.24, 2.45) is 0 Å². The Kier molecular flexibility index (Phi) is 5.04. The number of aromatic nitrogens is 2. The van der Waals surface area contributed by atoms with Gasteiger partial charge < -0.3 is 19.5 Å². The molecule has 0 aliphatic carbocycles. The lowest BCUT2D eigenvalue weighted by atomic mass is 10.2. The maximum atomic E-state index is 12.2. The second kappa shape index (κ2) is 7.63. The first kappa shape index (κ1) is 18.5. The lowest BCUT2D eigenvalue weighted by Gasteiger charge is -2.26. The molecule has 2 aromatic heterocycles. The van der Waals surface area contributed by atoms with Crippen molar-refractivity contribution in [2.75, 3.05) is 25.1 Å². The maximum Gasteiger partial charge on any atom is 0.348 e. The number of nitrogens with zero attached hydrogens (tertiary/aromatic N) is 2. The van der Waals surface area contributed by atoms with Crippen LogP contribution in [0.15, 0.2) is 24.3 Å². The monoisotopic (exact) mass is 399 g/mol. The summed E-state index contributed by atoms with van der Waals surface area (Å²) < 4.78 is 16.9. The number of esters is 1. The van der Waals surface area contributed by atoms with Gasteiger partial charge in [-0.15, -0.1) is 11.3 Å². The molecule has 0 radical (unpaired) electrons. The lowest BCUT2D eigenvalue weighted by molar-refractivity contribution is 0.0531. The van der Waals surface area contributed by atoms with E-state index < -0.39 is 0 Å². The van der Waals surface area contributed by atoms with Gasteiger partial charge in [-0.2, -0.15) is 0 Å².